The lowest BCUT2D eigenvalue weighted by Crippen LogP contribution is -2.40. The number of hydrogen-bond acceptors (Lipinski definition) is 6. The Kier molecular flexibility index (Phi) is 5.27. The predicted octanol–water partition coefficient (Wildman–Crippen LogP) is 2.84. The average Bonchev–Trinajstić information content (AvgIpc) is 2.78. The molecular formula is C22H20N4O3. The summed E-state index contributed by atoms with van der Waals surface area (Å²) in [5, 5.41) is 3.99. The highest BCUT2D eigenvalue weighted by atomic mass is 16.5. The minimum absolute atomic E-state index is 0.0122. The molecule has 3 aromatic rings. The molecule has 0 aliphatic carbocycles. The van der Waals surface area contributed by atoms with Crippen LogP contribution in [0.5, 0.6) is 5.75 Å². The van der Waals surface area contributed by atoms with Gasteiger partial charge in [-0.25, -0.2) is 9.97 Å². The quantitative estimate of drug-likeness (QED) is 0.693. The van der Waals surface area contributed by atoms with Crippen molar-refractivity contribution in [3.63, 3.8) is 0 Å². The Balaban J connectivity index is 1.52. The van der Waals surface area contributed by atoms with Gasteiger partial charge in [-0.2, -0.15) is 0 Å². The predicted molar refractivity (Wildman–Crippen MR) is 110 cm³/mol. The van der Waals surface area contributed by atoms with E-state index < -0.39 is 0 Å². The van der Waals surface area contributed by atoms with Crippen molar-refractivity contribution in [2.45, 2.75) is 0 Å². The number of terminal acetylenes is 1. The molecule has 4 rings (SSSR count). The lowest BCUT2D eigenvalue weighted by Gasteiger charge is -2.26. The van der Waals surface area contributed by atoms with Gasteiger partial charge in [-0.15, -0.1) is 6.42 Å². The topological polar surface area (TPSA) is 76.6 Å². The van der Waals surface area contributed by atoms with E-state index in [9.17, 15) is 4.79 Å². The number of anilines is 2. The van der Waals surface area contributed by atoms with Gasteiger partial charge in [0.1, 0.15) is 5.75 Å². The van der Waals surface area contributed by atoms with Crippen molar-refractivity contribution in [3.8, 4) is 18.1 Å². The van der Waals surface area contributed by atoms with Crippen LogP contribution in [0.4, 0.5) is 11.6 Å². The third-order valence-electron chi connectivity index (χ3n) is 4.74. The van der Waals surface area contributed by atoms with E-state index in [1.165, 1.54) is 0 Å². The third-order valence-corrected chi connectivity index (χ3v) is 4.74. The molecule has 0 saturated carbocycles. The van der Waals surface area contributed by atoms with E-state index in [4.69, 9.17) is 15.9 Å². The van der Waals surface area contributed by atoms with Crippen molar-refractivity contribution < 1.29 is 14.3 Å². The maximum absolute atomic E-state index is 12.5. The van der Waals surface area contributed by atoms with Crippen molar-refractivity contribution in [1.29, 1.82) is 0 Å². The molecule has 1 saturated heterocycles. The monoisotopic (exact) mass is 388 g/mol. The second-order valence-electron chi connectivity index (χ2n) is 6.56. The maximum Gasteiger partial charge on any atom is 0.254 e. The maximum atomic E-state index is 12.5. The molecule has 1 amide bonds. The van der Waals surface area contributed by atoms with Gasteiger partial charge in [0.25, 0.3) is 5.91 Å². The minimum atomic E-state index is 0.0122. The summed E-state index contributed by atoms with van der Waals surface area (Å²) in [6.45, 7) is 2.40. The van der Waals surface area contributed by atoms with Gasteiger partial charge in [0, 0.05) is 42.0 Å². The van der Waals surface area contributed by atoms with Gasteiger partial charge in [-0.05, 0) is 30.3 Å². The number of fused-ring (bicyclic) bond motifs is 1. The number of morpholine rings is 1. The summed E-state index contributed by atoms with van der Waals surface area (Å²) >= 11 is 0. The fourth-order valence-corrected chi connectivity index (χ4v) is 3.18. The van der Waals surface area contributed by atoms with E-state index in [1.54, 1.807) is 36.4 Å². The van der Waals surface area contributed by atoms with Crippen molar-refractivity contribution in [2.24, 2.45) is 0 Å². The number of nitrogens with zero attached hydrogens (tertiary/aromatic N) is 3. The summed E-state index contributed by atoms with van der Waals surface area (Å²) in [5.41, 5.74) is 2.81. The molecule has 2 heterocycles. The summed E-state index contributed by atoms with van der Waals surface area (Å²) in [5.74, 6) is 3.65. The van der Waals surface area contributed by atoms with Crippen LogP contribution >= 0.6 is 0 Å². The molecule has 0 unspecified atom stereocenters. The third kappa shape index (κ3) is 3.98. The van der Waals surface area contributed by atoms with Crippen LogP contribution in [0.25, 0.3) is 10.9 Å². The van der Waals surface area contributed by atoms with Crippen LogP contribution in [0.3, 0.4) is 0 Å². The van der Waals surface area contributed by atoms with E-state index in [1.807, 2.05) is 18.2 Å². The van der Waals surface area contributed by atoms with Crippen LogP contribution in [0.1, 0.15) is 15.9 Å². The normalized spacial score (nSPS) is 13.7. The fraction of sp³-hybridized carbons (Fsp3) is 0.227. The molecule has 0 atom stereocenters. The number of carbonyl (C=O) groups excluding carboxylic acids is 1. The summed E-state index contributed by atoms with van der Waals surface area (Å²) in [6.07, 6.45) is 7.22. The number of nitrogens with one attached hydrogen (secondary N) is 1. The molecule has 0 bridgehead atoms. The molecule has 1 aliphatic rings. The number of carbonyl (C=O) groups is 1. The van der Waals surface area contributed by atoms with Gasteiger partial charge in [-0.1, -0.05) is 5.92 Å². The Morgan fingerprint density at radius 1 is 1.24 bits per heavy atom. The Hall–Kier alpha value is -3.63. The summed E-state index contributed by atoms with van der Waals surface area (Å²) in [7, 11) is 1.57. The summed E-state index contributed by atoms with van der Waals surface area (Å²) < 4.78 is 10.6. The standard InChI is InChI=1S/C22H20N4O3/c1-3-15-12-17-14-23-22(25-19(17)13-20(15)28-2)24-18-6-4-16(5-7-18)21(27)26-8-10-29-11-9-26/h1,4-7,12-14H,8-11H2,2H3,(H,23,24,25). The van der Waals surface area contributed by atoms with Gasteiger partial charge < -0.3 is 19.7 Å². The molecule has 0 spiro atoms. The number of amides is 1. The van der Waals surface area contributed by atoms with E-state index >= 15 is 0 Å². The molecule has 1 fully saturated rings. The molecule has 146 valence electrons. The Labute approximate surface area is 168 Å². The Morgan fingerprint density at radius 3 is 2.69 bits per heavy atom. The van der Waals surface area contributed by atoms with E-state index in [-0.39, 0.29) is 5.91 Å². The van der Waals surface area contributed by atoms with Crippen molar-refractivity contribution >= 4 is 28.4 Å². The van der Waals surface area contributed by atoms with E-state index in [2.05, 4.69) is 21.2 Å². The number of aromatic nitrogens is 2. The first-order valence-electron chi connectivity index (χ1n) is 9.23. The van der Waals surface area contributed by atoms with Crippen molar-refractivity contribution in [2.75, 3.05) is 38.7 Å². The highest BCUT2D eigenvalue weighted by molar-refractivity contribution is 5.94. The number of rotatable bonds is 4. The molecule has 0 radical (unpaired) electrons. The SMILES string of the molecule is C#Cc1cc2cnc(Nc3ccc(C(=O)N4CCOCC4)cc3)nc2cc1OC. The Bertz CT molecular complexity index is 1080. The van der Waals surface area contributed by atoms with Gasteiger partial charge in [-0.3, -0.25) is 4.79 Å². The molecule has 7 heteroatoms. The first kappa shape index (κ1) is 18.7. The van der Waals surface area contributed by atoms with Crippen LogP contribution in [0.15, 0.2) is 42.6 Å². The molecule has 1 N–H and O–H groups in total. The van der Waals surface area contributed by atoms with Crippen LogP contribution in [-0.4, -0.2) is 54.2 Å². The molecule has 2 aromatic carbocycles. The second-order valence-corrected chi connectivity index (χ2v) is 6.56. The highest BCUT2D eigenvalue weighted by Gasteiger charge is 2.18. The molecule has 1 aromatic heterocycles. The van der Waals surface area contributed by atoms with Crippen LogP contribution in [0.2, 0.25) is 0 Å². The zero-order valence-electron chi connectivity index (χ0n) is 16.0. The summed E-state index contributed by atoms with van der Waals surface area (Å²) in [6, 6.07) is 10.9. The fourth-order valence-electron chi connectivity index (χ4n) is 3.18. The summed E-state index contributed by atoms with van der Waals surface area (Å²) in [4.78, 5) is 23.2. The highest BCUT2D eigenvalue weighted by Crippen LogP contribution is 2.25. The van der Waals surface area contributed by atoms with Gasteiger partial charge in [0.15, 0.2) is 0 Å². The zero-order valence-corrected chi connectivity index (χ0v) is 16.0. The molecule has 29 heavy (non-hydrogen) atoms. The van der Waals surface area contributed by atoms with Gasteiger partial charge >= 0.3 is 0 Å². The van der Waals surface area contributed by atoms with E-state index in [0.29, 0.717) is 49.1 Å². The minimum Gasteiger partial charge on any atom is -0.495 e. The van der Waals surface area contributed by atoms with Crippen molar-refractivity contribution in [3.05, 3.63) is 53.7 Å². The number of methoxy groups -OCH3 is 1. The average molecular weight is 388 g/mol. The lowest BCUT2D eigenvalue weighted by molar-refractivity contribution is 0.0303. The molecule has 7 nitrogen and oxygen atoms in total. The van der Waals surface area contributed by atoms with Gasteiger partial charge in [0.2, 0.25) is 5.95 Å². The first-order valence-corrected chi connectivity index (χ1v) is 9.23. The van der Waals surface area contributed by atoms with E-state index in [0.717, 1.165) is 16.6 Å². The van der Waals surface area contributed by atoms with Crippen LogP contribution < -0.4 is 10.1 Å². The smallest absolute Gasteiger partial charge is 0.254 e. The lowest BCUT2D eigenvalue weighted by atomic mass is 10.1. The van der Waals surface area contributed by atoms with Crippen LogP contribution in [0, 0.1) is 12.3 Å². The molecular weight excluding hydrogens is 368 g/mol. The number of benzene rings is 2. The largest absolute Gasteiger partial charge is 0.495 e. The first-order chi connectivity index (χ1) is 14.2. The molecule has 1 aliphatic heterocycles. The zero-order chi connectivity index (χ0) is 20.2. The second kappa shape index (κ2) is 8.17. The Morgan fingerprint density at radius 2 is 2.00 bits per heavy atom. The number of ether oxygens (including phenoxy) is 2. The van der Waals surface area contributed by atoms with Gasteiger partial charge in [0.05, 0.1) is 31.4 Å². The van der Waals surface area contributed by atoms with Crippen LogP contribution in [-0.2, 0) is 4.74 Å². The van der Waals surface area contributed by atoms with Crippen molar-refractivity contribution in [1.82, 2.24) is 14.9 Å². The number of hydrogen-bond donors (Lipinski definition) is 1.